The number of likely N-dealkylation sites (tertiary alicyclic amines) is 1. The lowest BCUT2D eigenvalue weighted by atomic mass is 9.54. The molecule has 0 radical (unpaired) electrons. The molecule has 5 rings (SSSR count). The molecule has 2 aliphatic rings. The first-order valence-electron chi connectivity index (χ1n) is 15.7. The van der Waals surface area contributed by atoms with Crippen molar-refractivity contribution in [3.05, 3.63) is 90.5 Å². The normalized spacial score (nSPS) is 23.5. The highest BCUT2D eigenvalue weighted by Crippen LogP contribution is 2.55. The van der Waals surface area contributed by atoms with E-state index in [0.29, 0.717) is 56.6 Å². The van der Waals surface area contributed by atoms with E-state index in [1.54, 1.807) is 6.07 Å². The van der Waals surface area contributed by atoms with Crippen molar-refractivity contribution in [3.63, 3.8) is 0 Å². The first kappa shape index (κ1) is 31.5. The van der Waals surface area contributed by atoms with Crippen LogP contribution < -0.4 is 4.74 Å². The molecule has 44 heavy (non-hydrogen) atoms. The molecular weight excluding hydrogens is 552 g/mol. The quantitative estimate of drug-likeness (QED) is 0.159. The first-order chi connectivity index (χ1) is 21.1. The maximum absolute atomic E-state index is 14.4. The third-order valence-electron chi connectivity index (χ3n) is 9.31. The fourth-order valence-corrected chi connectivity index (χ4v) is 7.57. The standard InChI is InChI=1S/C37H44N2O5/c1-6-19-38-20-18-36(32-12-9-13-34(22-32)43-27(4)40)23-33(16-17-37(36,25-38)44-28(5)41)39(24-26(2)3)35(42)31-15-14-29-10-7-8-11-30(29)21-31/h6-15,21-22,26,33H,1,16-20,23-25H2,2-5H3/t33-,36-,37-/m0/s1. The summed E-state index contributed by atoms with van der Waals surface area (Å²) in [5, 5.41) is 2.13. The van der Waals surface area contributed by atoms with Crippen LogP contribution in [0.15, 0.2) is 79.4 Å². The van der Waals surface area contributed by atoms with Crippen LogP contribution in [0.25, 0.3) is 10.8 Å². The average molecular weight is 597 g/mol. The van der Waals surface area contributed by atoms with Crippen LogP contribution in [0.5, 0.6) is 5.75 Å². The van der Waals surface area contributed by atoms with Gasteiger partial charge in [-0.05, 0) is 78.7 Å². The molecule has 0 spiro atoms. The number of hydrogen-bond acceptors (Lipinski definition) is 6. The van der Waals surface area contributed by atoms with E-state index in [0.717, 1.165) is 22.9 Å². The topological polar surface area (TPSA) is 76.2 Å². The number of esters is 2. The Morgan fingerprint density at radius 3 is 2.48 bits per heavy atom. The zero-order valence-electron chi connectivity index (χ0n) is 26.4. The molecule has 1 saturated heterocycles. The minimum atomic E-state index is -0.819. The summed E-state index contributed by atoms with van der Waals surface area (Å²) in [7, 11) is 0. The lowest BCUT2D eigenvalue weighted by molar-refractivity contribution is -0.188. The molecule has 1 amide bonds. The van der Waals surface area contributed by atoms with Gasteiger partial charge in [0.1, 0.15) is 11.4 Å². The predicted octanol–water partition coefficient (Wildman–Crippen LogP) is 6.55. The van der Waals surface area contributed by atoms with Crippen molar-refractivity contribution in [3.8, 4) is 5.75 Å². The zero-order valence-corrected chi connectivity index (χ0v) is 26.4. The number of carbonyl (C=O) groups is 3. The van der Waals surface area contributed by atoms with Crippen molar-refractivity contribution < 1.29 is 23.9 Å². The Labute approximate surface area is 260 Å². The summed E-state index contributed by atoms with van der Waals surface area (Å²) < 4.78 is 11.9. The fraction of sp³-hybridized carbons (Fsp3) is 0.432. The van der Waals surface area contributed by atoms with E-state index in [4.69, 9.17) is 9.47 Å². The molecule has 7 heteroatoms. The molecule has 2 fully saturated rings. The predicted molar refractivity (Wildman–Crippen MR) is 173 cm³/mol. The lowest BCUT2D eigenvalue weighted by Crippen LogP contribution is -2.68. The van der Waals surface area contributed by atoms with Crippen molar-refractivity contribution in [1.29, 1.82) is 0 Å². The van der Waals surface area contributed by atoms with Gasteiger partial charge in [-0.2, -0.15) is 0 Å². The van der Waals surface area contributed by atoms with Crippen molar-refractivity contribution in [2.75, 3.05) is 26.2 Å². The van der Waals surface area contributed by atoms with Gasteiger partial charge in [0.25, 0.3) is 5.91 Å². The minimum absolute atomic E-state index is 0.0161. The Bertz CT molecular complexity index is 1550. The van der Waals surface area contributed by atoms with E-state index < -0.39 is 17.0 Å². The van der Waals surface area contributed by atoms with Crippen LogP contribution in [0.1, 0.15) is 69.3 Å². The number of nitrogens with zero attached hydrogens (tertiary/aromatic N) is 2. The van der Waals surface area contributed by atoms with Crippen molar-refractivity contribution in [1.82, 2.24) is 9.80 Å². The van der Waals surface area contributed by atoms with Gasteiger partial charge in [-0.1, -0.05) is 62.4 Å². The van der Waals surface area contributed by atoms with Gasteiger partial charge < -0.3 is 14.4 Å². The summed E-state index contributed by atoms with van der Waals surface area (Å²) in [6, 6.07) is 21.6. The van der Waals surface area contributed by atoms with Gasteiger partial charge >= 0.3 is 11.9 Å². The highest BCUT2D eigenvalue weighted by Gasteiger charge is 2.61. The van der Waals surface area contributed by atoms with E-state index in [1.165, 1.54) is 13.8 Å². The molecule has 232 valence electrons. The monoisotopic (exact) mass is 596 g/mol. The van der Waals surface area contributed by atoms with E-state index in [1.807, 2.05) is 54.6 Å². The van der Waals surface area contributed by atoms with Crippen LogP contribution in [-0.4, -0.2) is 65.5 Å². The summed E-state index contributed by atoms with van der Waals surface area (Å²) in [6.45, 7) is 13.7. The second-order valence-corrected chi connectivity index (χ2v) is 12.9. The van der Waals surface area contributed by atoms with Gasteiger partial charge in [0.15, 0.2) is 0 Å². The summed E-state index contributed by atoms with van der Waals surface area (Å²) in [5.74, 6) is 0.0237. The molecule has 1 aliphatic heterocycles. The summed E-state index contributed by atoms with van der Waals surface area (Å²) in [6.07, 6.45) is 4.52. The van der Waals surface area contributed by atoms with Gasteiger partial charge in [-0.3, -0.25) is 19.3 Å². The third-order valence-corrected chi connectivity index (χ3v) is 9.31. The molecule has 1 aliphatic carbocycles. The second kappa shape index (κ2) is 12.9. The third kappa shape index (κ3) is 6.29. The highest BCUT2D eigenvalue weighted by molar-refractivity contribution is 5.98. The molecule has 7 nitrogen and oxygen atoms in total. The van der Waals surface area contributed by atoms with Crippen LogP contribution in [-0.2, 0) is 19.7 Å². The molecule has 3 aromatic rings. The Morgan fingerprint density at radius 2 is 1.77 bits per heavy atom. The second-order valence-electron chi connectivity index (χ2n) is 12.9. The molecule has 0 bridgehead atoms. The highest BCUT2D eigenvalue weighted by atomic mass is 16.6. The Kier molecular flexibility index (Phi) is 9.26. The maximum Gasteiger partial charge on any atom is 0.308 e. The summed E-state index contributed by atoms with van der Waals surface area (Å²) in [4.78, 5) is 43.4. The summed E-state index contributed by atoms with van der Waals surface area (Å²) >= 11 is 0. The average Bonchev–Trinajstić information content (AvgIpc) is 2.98. The maximum atomic E-state index is 14.4. The number of fused-ring (bicyclic) bond motifs is 2. The van der Waals surface area contributed by atoms with Crippen molar-refractivity contribution in [2.24, 2.45) is 5.92 Å². The van der Waals surface area contributed by atoms with Crippen molar-refractivity contribution >= 4 is 28.6 Å². The van der Waals surface area contributed by atoms with Crippen LogP contribution in [0, 0.1) is 5.92 Å². The largest absolute Gasteiger partial charge is 0.457 e. The van der Waals surface area contributed by atoms with Crippen LogP contribution in [0.2, 0.25) is 0 Å². The van der Waals surface area contributed by atoms with Gasteiger partial charge in [0, 0.05) is 50.5 Å². The molecule has 1 heterocycles. The number of rotatable bonds is 9. The Balaban J connectivity index is 1.60. The minimum Gasteiger partial charge on any atom is -0.457 e. The zero-order chi connectivity index (χ0) is 31.5. The SMILES string of the molecule is C=CCN1CC[C@@]2(c3cccc(OC(C)=O)c3)C[C@@H](N(CC(C)C)C(=O)c3ccc4ccccc4c3)CC[C@]2(OC(C)=O)C1. The van der Waals surface area contributed by atoms with Crippen LogP contribution in [0.3, 0.4) is 0 Å². The van der Waals surface area contributed by atoms with E-state index in [-0.39, 0.29) is 23.8 Å². The molecule has 0 N–H and O–H groups in total. The van der Waals surface area contributed by atoms with E-state index >= 15 is 0 Å². The Morgan fingerprint density at radius 1 is 1.00 bits per heavy atom. The Hall–Kier alpha value is -3.97. The van der Waals surface area contributed by atoms with Crippen molar-refractivity contribution in [2.45, 2.75) is 70.4 Å². The number of amides is 1. The molecule has 3 aromatic carbocycles. The number of carbonyl (C=O) groups excluding carboxylic acids is 3. The van der Waals surface area contributed by atoms with Gasteiger partial charge in [0.05, 0.1) is 0 Å². The first-order valence-corrected chi connectivity index (χ1v) is 15.7. The molecule has 0 unspecified atom stereocenters. The smallest absolute Gasteiger partial charge is 0.308 e. The van der Waals surface area contributed by atoms with E-state index in [9.17, 15) is 14.4 Å². The van der Waals surface area contributed by atoms with Gasteiger partial charge in [0.2, 0.25) is 0 Å². The molecular formula is C37H44N2O5. The molecule has 0 aromatic heterocycles. The van der Waals surface area contributed by atoms with Gasteiger partial charge in [-0.25, -0.2) is 0 Å². The molecule has 3 atom stereocenters. The number of hydrogen-bond donors (Lipinski definition) is 0. The lowest BCUT2D eigenvalue weighted by Gasteiger charge is -2.60. The number of ether oxygens (including phenoxy) is 2. The molecule has 1 saturated carbocycles. The number of piperidine rings is 1. The van der Waals surface area contributed by atoms with Gasteiger partial charge in [-0.15, -0.1) is 6.58 Å². The van der Waals surface area contributed by atoms with Crippen LogP contribution in [0.4, 0.5) is 0 Å². The summed E-state index contributed by atoms with van der Waals surface area (Å²) in [5.41, 5.74) is 0.214. The fourth-order valence-electron chi connectivity index (χ4n) is 7.57. The van der Waals surface area contributed by atoms with E-state index in [2.05, 4.69) is 42.4 Å². The van der Waals surface area contributed by atoms with Crippen LogP contribution >= 0.6 is 0 Å². The number of benzene rings is 3.